The zero-order valence-electron chi connectivity index (χ0n) is 14.2. The number of nitrogens with zero attached hydrogens (tertiary/aromatic N) is 3. The summed E-state index contributed by atoms with van der Waals surface area (Å²) >= 11 is 0. The number of para-hydroxylation sites is 1. The van der Waals surface area contributed by atoms with Gasteiger partial charge < -0.3 is 15.0 Å². The minimum absolute atomic E-state index is 0.163. The standard InChI is InChI=1S/C18H24N4O2/c1-14(17-8-9-19-21(17)2)20-15-12-18(23)22(13-15)10-11-24-16-6-4-3-5-7-16/h3-9,14-15,20H,10-13H2,1-2H3. The Morgan fingerprint density at radius 1 is 1.33 bits per heavy atom. The first kappa shape index (κ1) is 16.5. The van der Waals surface area contributed by atoms with E-state index in [0.717, 1.165) is 18.0 Å². The summed E-state index contributed by atoms with van der Waals surface area (Å²) in [6.45, 7) is 3.95. The summed E-state index contributed by atoms with van der Waals surface area (Å²) in [6, 6.07) is 12.0. The SMILES string of the molecule is CC(NC1CC(=O)N(CCOc2ccccc2)C1)c1ccnn1C. The molecule has 0 bridgehead atoms. The monoisotopic (exact) mass is 328 g/mol. The van der Waals surface area contributed by atoms with Gasteiger partial charge in [-0.3, -0.25) is 9.48 Å². The number of hydrogen-bond donors (Lipinski definition) is 1. The predicted molar refractivity (Wildman–Crippen MR) is 91.7 cm³/mol. The van der Waals surface area contributed by atoms with Crippen molar-refractivity contribution in [2.24, 2.45) is 7.05 Å². The lowest BCUT2D eigenvalue weighted by molar-refractivity contribution is -0.128. The van der Waals surface area contributed by atoms with Gasteiger partial charge in [-0.25, -0.2) is 0 Å². The van der Waals surface area contributed by atoms with Crippen molar-refractivity contribution in [3.8, 4) is 5.75 Å². The molecule has 1 amide bonds. The fraction of sp³-hybridized carbons (Fsp3) is 0.444. The first-order valence-corrected chi connectivity index (χ1v) is 8.33. The highest BCUT2D eigenvalue weighted by Gasteiger charge is 2.30. The summed E-state index contributed by atoms with van der Waals surface area (Å²) in [5.74, 6) is 1.02. The van der Waals surface area contributed by atoms with Gasteiger partial charge in [-0.1, -0.05) is 18.2 Å². The zero-order chi connectivity index (χ0) is 16.9. The molecule has 1 aliphatic heterocycles. The van der Waals surface area contributed by atoms with E-state index >= 15 is 0 Å². The second kappa shape index (κ2) is 7.49. The molecule has 0 saturated carbocycles. The minimum atomic E-state index is 0.163. The largest absolute Gasteiger partial charge is 0.492 e. The number of aromatic nitrogens is 2. The number of hydrogen-bond acceptors (Lipinski definition) is 4. The molecule has 1 aliphatic rings. The van der Waals surface area contributed by atoms with E-state index in [0.29, 0.717) is 19.6 Å². The van der Waals surface area contributed by atoms with Crippen LogP contribution in [-0.2, 0) is 11.8 Å². The fourth-order valence-electron chi connectivity index (χ4n) is 3.14. The highest BCUT2D eigenvalue weighted by molar-refractivity contribution is 5.79. The number of amides is 1. The number of rotatable bonds is 7. The molecule has 1 N–H and O–H groups in total. The molecule has 1 aromatic carbocycles. The number of carbonyl (C=O) groups is 1. The van der Waals surface area contributed by atoms with Crippen LogP contribution >= 0.6 is 0 Å². The van der Waals surface area contributed by atoms with Crippen LogP contribution in [0.4, 0.5) is 0 Å². The van der Waals surface area contributed by atoms with E-state index in [1.807, 2.05) is 53.0 Å². The molecule has 0 spiro atoms. The van der Waals surface area contributed by atoms with E-state index in [4.69, 9.17) is 4.74 Å². The molecule has 6 heteroatoms. The van der Waals surface area contributed by atoms with Crippen molar-refractivity contribution < 1.29 is 9.53 Å². The van der Waals surface area contributed by atoms with E-state index < -0.39 is 0 Å². The van der Waals surface area contributed by atoms with E-state index in [1.165, 1.54) is 0 Å². The lowest BCUT2D eigenvalue weighted by Gasteiger charge is -2.20. The molecule has 128 valence electrons. The summed E-state index contributed by atoms with van der Waals surface area (Å²) in [5, 5.41) is 7.72. The van der Waals surface area contributed by atoms with Crippen LogP contribution < -0.4 is 10.1 Å². The average molecular weight is 328 g/mol. The number of aryl methyl sites for hydroxylation is 1. The van der Waals surface area contributed by atoms with Crippen LogP contribution in [0.2, 0.25) is 0 Å². The Hall–Kier alpha value is -2.34. The summed E-state index contributed by atoms with van der Waals surface area (Å²) in [6.07, 6.45) is 2.33. The third kappa shape index (κ3) is 3.94. The molecular formula is C18H24N4O2. The molecule has 3 rings (SSSR count). The second-order valence-electron chi connectivity index (χ2n) is 6.17. The summed E-state index contributed by atoms with van der Waals surface area (Å²) < 4.78 is 7.54. The molecule has 2 atom stereocenters. The third-order valence-corrected chi connectivity index (χ3v) is 4.38. The van der Waals surface area contributed by atoms with Crippen molar-refractivity contribution in [3.05, 3.63) is 48.3 Å². The molecule has 1 aromatic heterocycles. The maximum Gasteiger partial charge on any atom is 0.224 e. The summed E-state index contributed by atoms with van der Waals surface area (Å²) in [4.78, 5) is 14.0. The third-order valence-electron chi connectivity index (χ3n) is 4.38. The maximum atomic E-state index is 12.2. The van der Waals surface area contributed by atoms with Gasteiger partial charge in [-0.15, -0.1) is 0 Å². The van der Waals surface area contributed by atoms with Gasteiger partial charge in [-0.05, 0) is 25.1 Å². The number of nitrogens with one attached hydrogen (secondary N) is 1. The molecule has 2 aromatic rings. The highest BCUT2D eigenvalue weighted by atomic mass is 16.5. The molecule has 2 heterocycles. The van der Waals surface area contributed by atoms with Gasteiger partial charge in [-0.2, -0.15) is 5.10 Å². The van der Waals surface area contributed by atoms with E-state index in [-0.39, 0.29) is 18.0 Å². The Balaban J connectivity index is 1.46. The Kier molecular flexibility index (Phi) is 5.15. The van der Waals surface area contributed by atoms with Gasteiger partial charge in [0.25, 0.3) is 0 Å². The fourth-order valence-corrected chi connectivity index (χ4v) is 3.14. The number of ether oxygens (including phenoxy) is 1. The lowest BCUT2D eigenvalue weighted by atomic mass is 10.2. The molecule has 0 aliphatic carbocycles. The van der Waals surface area contributed by atoms with Crippen molar-refractivity contribution in [2.75, 3.05) is 19.7 Å². The van der Waals surface area contributed by atoms with E-state index in [1.54, 1.807) is 6.20 Å². The smallest absolute Gasteiger partial charge is 0.224 e. The number of likely N-dealkylation sites (tertiary alicyclic amines) is 1. The Labute approximate surface area is 142 Å². The second-order valence-corrected chi connectivity index (χ2v) is 6.17. The van der Waals surface area contributed by atoms with Gasteiger partial charge in [0.2, 0.25) is 5.91 Å². The van der Waals surface area contributed by atoms with Crippen LogP contribution in [0.15, 0.2) is 42.6 Å². The van der Waals surface area contributed by atoms with Crippen LogP contribution in [0.3, 0.4) is 0 Å². The molecule has 1 fully saturated rings. The zero-order valence-corrected chi connectivity index (χ0v) is 14.2. The molecule has 0 radical (unpaired) electrons. The Bertz CT molecular complexity index is 671. The topological polar surface area (TPSA) is 59.4 Å². The van der Waals surface area contributed by atoms with Gasteiger partial charge in [0, 0.05) is 38.3 Å². The first-order chi connectivity index (χ1) is 11.6. The van der Waals surface area contributed by atoms with Gasteiger partial charge in [0.15, 0.2) is 0 Å². The Morgan fingerprint density at radius 3 is 2.83 bits per heavy atom. The number of carbonyl (C=O) groups excluding carboxylic acids is 1. The van der Waals surface area contributed by atoms with Crippen molar-refractivity contribution >= 4 is 5.91 Å². The van der Waals surface area contributed by atoms with Gasteiger partial charge >= 0.3 is 0 Å². The highest BCUT2D eigenvalue weighted by Crippen LogP contribution is 2.17. The lowest BCUT2D eigenvalue weighted by Crippen LogP contribution is -2.36. The van der Waals surface area contributed by atoms with Crippen LogP contribution in [0.1, 0.15) is 25.1 Å². The first-order valence-electron chi connectivity index (χ1n) is 8.33. The van der Waals surface area contributed by atoms with E-state index in [2.05, 4.69) is 17.3 Å². The number of benzene rings is 1. The molecular weight excluding hydrogens is 304 g/mol. The van der Waals surface area contributed by atoms with Crippen molar-refractivity contribution in [1.29, 1.82) is 0 Å². The molecule has 6 nitrogen and oxygen atoms in total. The predicted octanol–water partition coefficient (Wildman–Crippen LogP) is 1.75. The van der Waals surface area contributed by atoms with Crippen molar-refractivity contribution in [1.82, 2.24) is 20.0 Å². The van der Waals surface area contributed by atoms with E-state index in [9.17, 15) is 4.79 Å². The van der Waals surface area contributed by atoms with Crippen molar-refractivity contribution in [2.45, 2.75) is 25.4 Å². The maximum absolute atomic E-state index is 12.2. The van der Waals surface area contributed by atoms with Crippen LogP contribution in [0.5, 0.6) is 5.75 Å². The normalized spacial score (nSPS) is 18.8. The Morgan fingerprint density at radius 2 is 2.12 bits per heavy atom. The van der Waals surface area contributed by atoms with Gasteiger partial charge in [0.1, 0.15) is 12.4 Å². The quantitative estimate of drug-likeness (QED) is 0.841. The van der Waals surface area contributed by atoms with Gasteiger partial charge in [0.05, 0.1) is 12.2 Å². The average Bonchev–Trinajstić information content (AvgIpc) is 3.14. The van der Waals surface area contributed by atoms with Crippen LogP contribution in [0, 0.1) is 0 Å². The molecule has 24 heavy (non-hydrogen) atoms. The summed E-state index contributed by atoms with van der Waals surface area (Å²) in [7, 11) is 1.93. The van der Waals surface area contributed by atoms with Crippen LogP contribution in [0.25, 0.3) is 0 Å². The van der Waals surface area contributed by atoms with Crippen molar-refractivity contribution in [3.63, 3.8) is 0 Å². The molecule has 1 saturated heterocycles. The summed E-state index contributed by atoms with van der Waals surface area (Å²) in [5.41, 5.74) is 1.12. The minimum Gasteiger partial charge on any atom is -0.492 e. The van der Waals surface area contributed by atoms with Crippen LogP contribution in [-0.4, -0.2) is 46.3 Å². The molecule has 2 unspecified atom stereocenters.